The van der Waals surface area contributed by atoms with Crippen LogP contribution in [0.2, 0.25) is 0 Å². The van der Waals surface area contributed by atoms with Crippen LogP contribution in [0.25, 0.3) is 0 Å². The highest BCUT2D eigenvalue weighted by atomic mass is 32.1. The zero-order valence-electron chi connectivity index (χ0n) is 10.9. The van der Waals surface area contributed by atoms with Crippen molar-refractivity contribution >= 4 is 22.2 Å². The van der Waals surface area contributed by atoms with Crippen LogP contribution in [0.1, 0.15) is 18.9 Å². The van der Waals surface area contributed by atoms with E-state index in [1.165, 1.54) is 11.3 Å². The highest BCUT2D eigenvalue weighted by Crippen LogP contribution is 2.22. The maximum absolute atomic E-state index is 11.9. The number of thiophene rings is 1. The predicted molar refractivity (Wildman–Crippen MR) is 74.1 cm³/mol. The highest BCUT2D eigenvalue weighted by Gasteiger charge is 2.19. The van der Waals surface area contributed by atoms with Gasteiger partial charge in [0.25, 0.3) is 0 Å². The molecule has 0 saturated carbocycles. The third-order valence-corrected chi connectivity index (χ3v) is 4.00. The summed E-state index contributed by atoms with van der Waals surface area (Å²) < 4.78 is 5.36. The van der Waals surface area contributed by atoms with E-state index in [4.69, 9.17) is 10.00 Å². The van der Waals surface area contributed by atoms with Crippen molar-refractivity contribution in [2.24, 2.45) is 0 Å². The monoisotopic (exact) mass is 279 g/mol. The van der Waals surface area contributed by atoms with Crippen LogP contribution < -0.4 is 5.32 Å². The Morgan fingerprint density at radius 2 is 2.58 bits per heavy atom. The Hall–Kier alpha value is -1.42. The van der Waals surface area contributed by atoms with Crippen LogP contribution in [0.4, 0.5) is 5.00 Å². The molecule has 5 nitrogen and oxygen atoms in total. The maximum atomic E-state index is 11.9. The van der Waals surface area contributed by atoms with Gasteiger partial charge < -0.3 is 10.1 Å². The molecule has 0 aliphatic carbocycles. The van der Waals surface area contributed by atoms with Gasteiger partial charge in [-0.15, -0.1) is 11.3 Å². The number of nitrogens with one attached hydrogen (secondary N) is 1. The lowest BCUT2D eigenvalue weighted by molar-refractivity contribution is -0.117. The SMILES string of the molecule is CC1COCCN1CCC(=O)Nc1sccc1C#N. The Morgan fingerprint density at radius 3 is 3.32 bits per heavy atom. The Labute approximate surface area is 116 Å². The van der Waals surface area contributed by atoms with Gasteiger partial charge in [-0.3, -0.25) is 9.69 Å². The molecule has 6 heteroatoms. The van der Waals surface area contributed by atoms with Crippen molar-refractivity contribution < 1.29 is 9.53 Å². The Morgan fingerprint density at radius 1 is 1.74 bits per heavy atom. The first-order valence-corrected chi connectivity index (χ1v) is 7.18. The molecule has 1 aliphatic rings. The van der Waals surface area contributed by atoms with Crippen LogP contribution in [0.15, 0.2) is 11.4 Å². The summed E-state index contributed by atoms with van der Waals surface area (Å²) in [5.41, 5.74) is 0.526. The van der Waals surface area contributed by atoms with E-state index in [9.17, 15) is 4.79 Å². The summed E-state index contributed by atoms with van der Waals surface area (Å²) in [4.78, 5) is 14.1. The van der Waals surface area contributed by atoms with Crippen LogP contribution in [0.5, 0.6) is 0 Å². The number of morpholine rings is 1. The summed E-state index contributed by atoms with van der Waals surface area (Å²) in [6.07, 6.45) is 0.438. The molecule has 1 amide bonds. The summed E-state index contributed by atoms with van der Waals surface area (Å²) in [6.45, 7) is 5.16. The van der Waals surface area contributed by atoms with Crippen LogP contribution >= 0.6 is 11.3 Å². The normalized spacial score (nSPS) is 19.9. The molecule has 0 bridgehead atoms. The van der Waals surface area contributed by atoms with Gasteiger partial charge in [0.15, 0.2) is 0 Å². The molecule has 2 heterocycles. The summed E-state index contributed by atoms with van der Waals surface area (Å²) in [5.74, 6) is -0.0439. The average molecular weight is 279 g/mol. The molecule has 1 atom stereocenters. The summed E-state index contributed by atoms with van der Waals surface area (Å²) in [5, 5.41) is 14.1. The van der Waals surface area contributed by atoms with Crippen LogP contribution in [-0.2, 0) is 9.53 Å². The van der Waals surface area contributed by atoms with Gasteiger partial charge >= 0.3 is 0 Å². The van der Waals surface area contributed by atoms with E-state index in [0.29, 0.717) is 23.0 Å². The molecule has 1 fully saturated rings. The number of anilines is 1. The van der Waals surface area contributed by atoms with E-state index in [1.807, 2.05) is 0 Å². The second-order valence-corrected chi connectivity index (χ2v) is 5.45. The third kappa shape index (κ3) is 3.77. The van der Waals surface area contributed by atoms with E-state index in [-0.39, 0.29) is 5.91 Å². The summed E-state index contributed by atoms with van der Waals surface area (Å²) in [7, 11) is 0. The van der Waals surface area contributed by atoms with E-state index in [1.54, 1.807) is 11.4 Å². The number of carbonyl (C=O) groups excluding carboxylic acids is 1. The molecule has 2 rings (SSSR count). The molecule has 1 aromatic heterocycles. The van der Waals surface area contributed by atoms with Crippen molar-refractivity contribution in [3.05, 3.63) is 17.0 Å². The molecule has 1 saturated heterocycles. The third-order valence-electron chi connectivity index (χ3n) is 3.17. The standard InChI is InChI=1S/C13H17N3O2S/c1-10-9-18-6-5-16(10)4-2-12(17)15-13-11(8-14)3-7-19-13/h3,7,10H,2,4-6,9H2,1H3,(H,15,17). The number of nitriles is 1. The quantitative estimate of drug-likeness (QED) is 0.910. The minimum atomic E-state index is -0.0439. The first-order chi connectivity index (χ1) is 9.20. The van der Waals surface area contributed by atoms with Crippen molar-refractivity contribution in [2.45, 2.75) is 19.4 Å². The van der Waals surface area contributed by atoms with Crippen LogP contribution in [0, 0.1) is 11.3 Å². The first-order valence-electron chi connectivity index (χ1n) is 6.30. The summed E-state index contributed by atoms with van der Waals surface area (Å²) >= 11 is 1.38. The minimum absolute atomic E-state index is 0.0439. The summed E-state index contributed by atoms with van der Waals surface area (Å²) in [6, 6.07) is 4.13. The molecular formula is C13H17N3O2S. The Kier molecular flexibility index (Phi) is 4.91. The van der Waals surface area contributed by atoms with Gasteiger partial charge in [0.05, 0.1) is 18.8 Å². The predicted octanol–water partition coefficient (Wildman–Crippen LogP) is 1.67. The van der Waals surface area contributed by atoms with E-state index in [2.05, 4.69) is 23.2 Å². The lowest BCUT2D eigenvalue weighted by Crippen LogP contribution is -2.44. The van der Waals surface area contributed by atoms with E-state index >= 15 is 0 Å². The molecule has 0 aromatic carbocycles. The zero-order chi connectivity index (χ0) is 13.7. The average Bonchev–Trinajstić information content (AvgIpc) is 2.85. The zero-order valence-corrected chi connectivity index (χ0v) is 11.7. The number of nitrogens with zero attached hydrogens (tertiary/aromatic N) is 2. The second kappa shape index (κ2) is 6.66. The van der Waals surface area contributed by atoms with Crippen molar-refractivity contribution in [1.29, 1.82) is 5.26 Å². The molecular weight excluding hydrogens is 262 g/mol. The van der Waals surface area contributed by atoms with Crippen molar-refractivity contribution in [1.82, 2.24) is 4.90 Å². The molecule has 19 heavy (non-hydrogen) atoms. The number of carbonyl (C=O) groups is 1. The maximum Gasteiger partial charge on any atom is 0.226 e. The smallest absolute Gasteiger partial charge is 0.226 e. The molecule has 1 aliphatic heterocycles. The molecule has 102 valence electrons. The molecule has 1 N–H and O–H groups in total. The van der Waals surface area contributed by atoms with Crippen LogP contribution in [-0.4, -0.2) is 43.2 Å². The fourth-order valence-electron chi connectivity index (χ4n) is 2.02. The Balaban J connectivity index is 1.80. The van der Waals surface area contributed by atoms with Crippen LogP contribution in [0.3, 0.4) is 0 Å². The fourth-order valence-corrected chi connectivity index (χ4v) is 2.78. The van der Waals surface area contributed by atoms with Gasteiger partial charge in [0, 0.05) is 25.6 Å². The van der Waals surface area contributed by atoms with Gasteiger partial charge in [0.1, 0.15) is 11.1 Å². The topological polar surface area (TPSA) is 65.4 Å². The second-order valence-electron chi connectivity index (χ2n) is 4.53. The van der Waals surface area contributed by atoms with E-state index in [0.717, 1.165) is 26.3 Å². The largest absolute Gasteiger partial charge is 0.379 e. The van der Waals surface area contributed by atoms with Crippen molar-refractivity contribution in [3.8, 4) is 6.07 Å². The van der Waals surface area contributed by atoms with Crippen molar-refractivity contribution in [2.75, 3.05) is 31.6 Å². The highest BCUT2D eigenvalue weighted by molar-refractivity contribution is 7.14. The van der Waals surface area contributed by atoms with Gasteiger partial charge in [-0.05, 0) is 18.4 Å². The van der Waals surface area contributed by atoms with E-state index < -0.39 is 0 Å². The van der Waals surface area contributed by atoms with Gasteiger partial charge in [-0.25, -0.2) is 0 Å². The molecule has 0 radical (unpaired) electrons. The molecule has 1 unspecified atom stereocenters. The lowest BCUT2D eigenvalue weighted by atomic mass is 10.2. The molecule has 0 spiro atoms. The number of hydrogen-bond donors (Lipinski definition) is 1. The number of ether oxygens (including phenoxy) is 1. The number of hydrogen-bond acceptors (Lipinski definition) is 5. The first kappa shape index (κ1) is 14.0. The minimum Gasteiger partial charge on any atom is -0.379 e. The Bertz CT molecular complexity index is 480. The van der Waals surface area contributed by atoms with Crippen molar-refractivity contribution in [3.63, 3.8) is 0 Å². The van der Waals surface area contributed by atoms with Gasteiger partial charge in [-0.1, -0.05) is 0 Å². The number of amides is 1. The number of rotatable bonds is 4. The molecule has 1 aromatic rings. The van der Waals surface area contributed by atoms with Gasteiger partial charge in [0.2, 0.25) is 5.91 Å². The lowest BCUT2D eigenvalue weighted by Gasteiger charge is -2.32. The fraction of sp³-hybridized carbons (Fsp3) is 0.538. The van der Waals surface area contributed by atoms with Gasteiger partial charge in [-0.2, -0.15) is 5.26 Å².